The molecule has 3 heterocycles. The van der Waals surface area contributed by atoms with Gasteiger partial charge in [-0.25, -0.2) is 4.79 Å². The quantitative estimate of drug-likeness (QED) is 0.778. The maximum atomic E-state index is 12.2. The molecule has 24 heavy (non-hydrogen) atoms. The van der Waals surface area contributed by atoms with Gasteiger partial charge in [-0.15, -0.1) is 0 Å². The number of anilines is 1. The van der Waals surface area contributed by atoms with Gasteiger partial charge in [0.05, 0.1) is 0 Å². The molecule has 0 amide bonds. The predicted octanol–water partition coefficient (Wildman–Crippen LogP) is 0.0732. The van der Waals surface area contributed by atoms with Crippen molar-refractivity contribution in [2.24, 2.45) is 21.1 Å². The van der Waals surface area contributed by atoms with Gasteiger partial charge in [0.2, 0.25) is 0 Å². The summed E-state index contributed by atoms with van der Waals surface area (Å²) < 4.78 is 4.25. The van der Waals surface area contributed by atoms with E-state index in [0.717, 1.165) is 17.4 Å². The average Bonchev–Trinajstić information content (AvgIpc) is 3.02. The zero-order valence-corrected chi connectivity index (χ0v) is 14.1. The van der Waals surface area contributed by atoms with Crippen LogP contribution in [0, 0.1) is 11.3 Å². The molecule has 0 radical (unpaired) electrons. The number of aromatic nitrogens is 4. The summed E-state index contributed by atoms with van der Waals surface area (Å²) in [6, 6.07) is 3.99. The van der Waals surface area contributed by atoms with Crippen LogP contribution < -0.4 is 16.1 Å². The fourth-order valence-corrected chi connectivity index (χ4v) is 3.47. The number of nitriles is 1. The number of hydrogen-bond donors (Lipinski definition) is 0. The molecule has 1 aliphatic rings. The summed E-state index contributed by atoms with van der Waals surface area (Å²) in [5, 5.41) is 13.6. The third-order valence-electron chi connectivity index (χ3n) is 4.82. The zero-order valence-electron chi connectivity index (χ0n) is 14.1. The monoisotopic (exact) mass is 328 g/mol. The lowest BCUT2D eigenvalue weighted by atomic mass is 9.93. The molecule has 0 spiro atoms. The molecule has 3 rings (SSSR count). The molecule has 8 heteroatoms. The summed E-state index contributed by atoms with van der Waals surface area (Å²) in [4.78, 5) is 26.4. The molecule has 2 aromatic heterocycles. The van der Waals surface area contributed by atoms with Gasteiger partial charge >= 0.3 is 5.69 Å². The Bertz CT molecular complexity index is 922. The predicted molar refractivity (Wildman–Crippen MR) is 89.0 cm³/mol. The van der Waals surface area contributed by atoms with Gasteiger partial charge in [0.1, 0.15) is 11.9 Å². The first kappa shape index (κ1) is 16.1. The highest BCUT2D eigenvalue weighted by Crippen LogP contribution is 2.30. The van der Waals surface area contributed by atoms with Crippen molar-refractivity contribution in [2.45, 2.75) is 18.8 Å². The van der Waals surface area contributed by atoms with Crippen LogP contribution in [0.15, 0.2) is 21.9 Å². The molecule has 8 nitrogen and oxygen atoms in total. The molecule has 0 atom stereocenters. The van der Waals surface area contributed by atoms with Crippen molar-refractivity contribution in [3.8, 4) is 6.07 Å². The van der Waals surface area contributed by atoms with E-state index in [1.165, 1.54) is 17.3 Å². The van der Waals surface area contributed by atoms with Crippen LogP contribution in [0.1, 0.15) is 30.0 Å². The summed E-state index contributed by atoms with van der Waals surface area (Å²) in [7, 11) is 4.93. The van der Waals surface area contributed by atoms with Crippen LogP contribution in [0.2, 0.25) is 0 Å². The van der Waals surface area contributed by atoms with Crippen molar-refractivity contribution in [3.05, 3.63) is 44.4 Å². The molecular formula is C16H20N6O2. The van der Waals surface area contributed by atoms with E-state index in [0.29, 0.717) is 24.8 Å². The molecule has 126 valence electrons. The Kier molecular flexibility index (Phi) is 4.01. The van der Waals surface area contributed by atoms with Gasteiger partial charge in [-0.1, -0.05) is 0 Å². The second-order valence-electron chi connectivity index (χ2n) is 6.16. The topological polar surface area (TPSA) is 88.8 Å². The summed E-state index contributed by atoms with van der Waals surface area (Å²) in [5.74, 6) is 0.817. The maximum absolute atomic E-state index is 12.2. The lowest BCUT2D eigenvalue weighted by Crippen LogP contribution is -2.44. The number of nitrogens with zero attached hydrogens (tertiary/aromatic N) is 6. The van der Waals surface area contributed by atoms with Crippen LogP contribution >= 0.6 is 0 Å². The minimum atomic E-state index is -0.538. The number of rotatable bonds is 2. The van der Waals surface area contributed by atoms with Crippen LogP contribution in [-0.4, -0.2) is 32.0 Å². The van der Waals surface area contributed by atoms with Crippen LogP contribution in [0.25, 0.3) is 0 Å². The molecule has 0 aromatic carbocycles. The van der Waals surface area contributed by atoms with E-state index in [4.69, 9.17) is 0 Å². The van der Waals surface area contributed by atoms with E-state index in [1.54, 1.807) is 13.2 Å². The standard InChI is InChI=1S/C16H20N6O2/c1-19-14(12(10-17)15(23)20(2)16(19)24)22-8-5-11(6-9-22)13-4-7-18-21(13)3/h4,7,11H,5-6,8-9H2,1-3H3. The average molecular weight is 328 g/mol. The van der Waals surface area contributed by atoms with Gasteiger partial charge in [-0.2, -0.15) is 10.4 Å². The van der Waals surface area contributed by atoms with Gasteiger partial charge < -0.3 is 4.90 Å². The molecule has 2 aromatic rings. The van der Waals surface area contributed by atoms with Crippen molar-refractivity contribution in [1.82, 2.24) is 18.9 Å². The molecule has 0 saturated carbocycles. The van der Waals surface area contributed by atoms with Crippen LogP contribution in [0.4, 0.5) is 5.82 Å². The Morgan fingerprint density at radius 3 is 2.38 bits per heavy atom. The molecule has 0 N–H and O–H groups in total. The van der Waals surface area contributed by atoms with Gasteiger partial charge in [-0.05, 0) is 18.9 Å². The Labute approximate surface area is 139 Å². The minimum absolute atomic E-state index is 0.0265. The fraction of sp³-hybridized carbons (Fsp3) is 0.500. The number of aryl methyl sites for hydroxylation is 1. The molecule has 1 aliphatic heterocycles. The van der Waals surface area contributed by atoms with Gasteiger partial charge in [0, 0.05) is 52.0 Å². The highest BCUT2D eigenvalue weighted by atomic mass is 16.2. The van der Waals surface area contributed by atoms with E-state index in [2.05, 4.69) is 5.10 Å². The SMILES string of the molecule is Cn1nccc1C1CCN(c2c(C#N)c(=O)n(C)c(=O)n2C)CC1. The molecule has 1 saturated heterocycles. The summed E-state index contributed by atoms with van der Waals surface area (Å²) in [5.41, 5.74) is 0.263. The summed E-state index contributed by atoms with van der Waals surface area (Å²) >= 11 is 0. The first-order valence-corrected chi connectivity index (χ1v) is 7.88. The van der Waals surface area contributed by atoms with E-state index in [-0.39, 0.29) is 5.56 Å². The van der Waals surface area contributed by atoms with E-state index < -0.39 is 11.2 Å². The first-order valence-electron chi connectivity index (χ1n) is 7.88. The Balaban J connectivity index is 1.93. The highest BCUT2D eigenvalue weighted by Gasteiger charge is 2.27. The normalized spacial score (nSPS) is 15.5. The smallest absolute Gasteiger partial charge is 0.332 e. The summed E-state index contributed by atoms with van der Waals surface area (Å²) in [6.45, 7) is 1.37. The second-order valence-corrected chi connectivity index (χ2v) is 6.16. The molecule has 0 bridgehead atoms. The first-order chi connectivity index (χ1) is 11.5. The van der Waals surface area contributed by atoms with E-state index >= 15 is 0 Å². The third-order valence-corrected chi connectivity index (χ3v) is 4.82. The second kappa shape index (κ2) is 6.00. The number of hydrogen-bond acceptors (Lipinski definition) is 5. The lowest BCUT2D eigenvalue weighted by Gasteiger charge is -2.34. The van der Waals surface area contributed by atoms with E-state index in [1.807, 2.05) is 28.8 Å². The van der Waals surface area contributed by atoms with Crippen molar-refractivity contribution in [2.75, 3.05) is 18.0 Å². The van der Waals surface area contributed by atoms with Crippen LogP contribution in [0.5, 0.6) is 0 Å². The van der Waals surface area contributed by atoms with Crippen molar-refractivity contribution in [1.29, 1.82) is 5.26 Å². The zero-order chi connectivity index (χ0) is 17.4. The Hall–Kier alpha value is -2.82. The Morgan fingerprint density at radius 1 is 1.17 bits per heavy atom. The van der Waals surface area contributed by atoms with Crippen LogP contribution in [-0.2, 0) is 21.1 Å². The minimum Gasteiger partial charge on any atom is -0.357 e. The Morgan fingerprint density at radius 2 is 1.83 bits per heavy atom. The largest absolute Gasteiger partial charge is 0.357 e. The maximum Gasteiger partial charge on any atom is 0.332 e. The van der Waals surface area contributed by atoms with Crippen molar-refractivity contribution < 1.29 is 0 Å². The fourth-order valence-electron chi connectivity index (χ4n) is 3.47. The van der Waals surface area contributed by atoms with Crippen molar-refractivity contribution >= 4 is 5.82 Å². The van der Waals surface area contributed by atoms with Crippen LogP contribution in [0.3, 0.4) is 0 Å². The molecule has 0 aliphatic carbocycles. The third kappa shape index (κ3) is 2.42. The molecule has 0 unspecified atom stereocenters. The van der Waals surface area contributed by atoms with Gasteiger partial charge in [0.25, 0.3) is 5.56 Å². The highest BCUT2D eigenvalue weighted by molar-refractivity contribution is 5.53. The number of piperidine rings is 1. The lowest BCUT2D eigenvalue weighted by molar-refractivity contribution is 0.469. The molecular weight excluding hydrogens is 308 g/mol. The van der Waals surface area contributed by atoms with Gasteiger partial charge in [0.15, 0.2) is 5.56 Å². The van der Waals surface area contributed by atoms with E-state index in [9.17, 15) is 14.9 Å². The van der Waals surface area contributed by atoms with Gasteiger partial charge in [-0.3, -0.25) is 18.6 Å². The molecule has 1 fully saturated rings. The summed E-state index contributed by atoms with van der Waals surface area (Å²) in [6.07, 6.45) is 3.56. The van der Waals surface area contributed by atoms with Crippen molar-refractivity contribution in [3.63, 3.8) is 0 Å².